The lowest BCUT2D eigenvalue weighted by molar-refractivity contribution is -0.144. The molecule has 4 N–H and O–H groups in total. The number of ether oxygens (including phenoxy) is 1. The van der Waals surface area contributed by atoms with Crippen LogP contribution in [0.25, 0.3) is 0 Å². The molecule has 3 atom stereocenters. The largest absolute Gasteiger partial charge is 0.481 e. The average Bonchev–Trinajstić information content (AvgIpc) is 2.91. The Morgan fingerprint density at radius 1 is 1.38 bits per heavy atom. The molecule has 0 aromatic carbocycles. The van der Waals surface area contributed by atoms with E-state index in [9.17, 15) is 14.4 Å². The van der Waals surface area contributed by atoms with Crippen LogP contribution in [-0.4, -0.2) is 66.7 Å². The van der Waals surface area contributed by atoms with Gasteiger partial charge in [-0.2, -0.15) is 0 Å². The zero-order valence-corrected chi connectivity index (χ0v) is 12.5. The van der Waals surface area contributed by atoms with E-state index in [1.165, 1.54) is 11.9 Å². The second-order valence-corrected chi connectivity index (χ2v) is 5.54. The monoisotopic (exact) mass is 301 g/mol. The van der Waals surface area contributed by atoms with Crippen LogP contribution in [0, 0.1) is 11.8 Å². The van der Waals surface area contributed by atoms with E-state index in [1.54, 1.807) is 0 Å². The Hall–Kier alpha value is -1.67. The zero-order chi connectivity index (χ0) is 16.2. The van der Waals surface area contributed by atoms with E-state index in [-0.39, 0.29) is 31.6 Å². The molecule has 21 heavy (non-hydrogen) atoms. The lowest BCUT2D eigenvalue weighted by Gasteiger charge is -2.26. The molecule has 1 heterocycles. The van der Waals surface area contributed by atoms with Crippen molar-refractivity contribution in [2.45, 2.75) is 25.9 Å². The molecule has 0 bridgehead atoms. The highest BCUT2D eigenvalue weighted by atomic mass is 16.5. The smallest absolute Gasteiger partial charge is 0.311 e. The molecule has 1 aliphatic rings. The zero-order valence-electron chi connectivity index (χ0n) is 12.5. The fourth-order valence-corrected chi connectivity index (χ4v) is 2.05. The molecule has 0 aliphatic carbocycles. The van der Waals surface area contributed by atoms with Crippen LogP contribution in [0.4, 0.5) is 0 Å². The fraction of sp³-hybridized carbons (Fsp3) is 0.769. The minimum absolute atomic E-state index is 0.0301. The molecule has 120 valence electrons. The Bertz CT molecular complexity index is 413. The van der Waals surface area contributed by atoms with Gasteiger partial charge in [0.2, 0.25) is 11.8 Å². The number of hydrogen-bond acceptors (Lipinski definition) is 5. The van der Waals surface area contributed by atoms with Crippen molar-refractivity contribution in [3.05, 3.63) is 0 Å². The van der Waals surface area contributed by atoms with E-state index < -0.39 is 29.9 Å². The third kappa shape index (κ3) is 4.40. The van der Waals surface area contributed by atoms with Gasteiger partial charge in [-0.1, -0.05) is 13.8 Å². The van der Waals surface area contributed by atoms with Gasteiger partial charge >= 0.3 is 5.97 Å². The van der Waals surface area contributed by atoms with Crippen molar-refractivity contribution in [3.63, 3.8) is 0 Å². The third-order valence-electron chi connectivity index (χ3n) is 3.69. The summed E-state index contributed by atoms with van der Waals surface area (Å²) in [5.74, 6) is -2.54. The molecular formula is C13H23N3O5. The molecule has 0 aromatic heterocycles. The Morgan fingerprint density at radius 2 is 2.00 bits per heavy atom. The first-order valence-electron chi connectivity index (χ1n) is 6.85. The Morgan fingerprint density at radius 3 is 2.52 bits per heavy atom. The molecule has 0 spiro atoms. The first kappa shape index (κ1) is 17.4. The van der Waals surface area contributed by atoms with Crippen molar-refractivity contribution in [2.75, 3.05) is 26.8 Å². The summed E-state index contributed by atoms with van der Waals surface area (Å²) in [6.07, 6.45) is 0. The molecule has 2 amide bonds. The van der Waals surface area contributed by atoms with Crippen LogP contribution < -0.4 is 11.1 Å². The van der Waals surface area contributed by atoms with Gasteiger partial charge in [-0.3, -0.25) is 14.4 Å². The lowest BCUT2D eigenvalue weighted by atomic mass is 10.0. The normalized spacial score (nSPS) is 22.9. The number of nitrogens with one attached hydrogen (secondary N) is 1. The fourth-order valence-electron chi connectivity index (χ4n) is 2.05. The molecule has 8 nitrogen and oxygen atoms in total. The van der Waals surface area contributed by atoms with Crippen LogP contribution in [-0.2, 0) is 19.1 Å². The minimum atomic E-state index is -0.997. The maximum Gasteiger partial charge on any atom is 0.311 e. The predicted molar refractivity (Wildman–Crippen MR) is 74.3 cm³/mol. The summed E-state index contributed by atoms with van der Waals surface area (Å²) in [7, 11) is 1.51. The molecule has 0 saturated carbocycles. The van der Waals surface area contributed by atoms with Crippen molar-refractivity contribution in [1.29, 1.82) is 0 Å². The summed E-state index contributed by atoms with van der Waals surface area (Å²) >= 11 is 0. The molecule has 1 aliphatic heterocycles. The van der Waals surface area contributed by atoms with Crippen molar-refractivity contribution in [1.82, 2.24) is 10.2 Å². The van der Waals surface area contributed by atoms with Crippen LogP contribution >= 0.6 is 0 Å². The SMILES string of the molecule is CC(C)[C@H](N)C(=O)NCC(=O)N(C)C1COCC1C(=O)O. The van der Waals surface area contributed by atoms with Gasteiger partial charge < -0.3 is 25.8 Å². The van der Waals surface area contributed by atoms with E-state index in [4.69, 9.17) is 15.6 Å². The highest BCUT2D eigenvalue weighted by molar-refractivity contribution is 5.87. The second-order valence-electron chi connectivity index (χ2n) is 5.54. The van der Waals surface area contributed by atoms with E-state index in [1.807, 2.05) is 13.8 Å². The molecular weight excluding hydrogens is 278 g/mol. The van der Waals surface area contributed by atoms with Crippen LogP contribution in [0.1, 0.15) is 13.8 Å². The number of likely N-dealkylation sites (N-methyl/N-ethyl adjacent to an activating group) is 1. The summed E-state index contributed by atoms with van der Waals surface area (Å²) in [5, 5.41) is 11.5. The van der Waals surface area contributed by atoms with Crippen molar-refractivity contribution in [2.24, 2.45) is 17.6 Å². The second kappa shape index (κ2) is 7.37. The van der Waals surface area contributed by atoms with Crippen LogP contribution in [0.2, 0.25) is 0 Å². The molecule has 0 aromatic rings. The number of rotatable bonds is 6. The molecule has 8 heteroatoms. The van der Waals surface area contributed by atoms with Gasteiger partial charge in [-0.05, 0) is 5.92 Å². The number of carbonyl (C=O) groups excluding carboxylic acids is 2. The van der Waals surface area contributed by atoms with Gasteiger partial charge in [0.05, 0.1) is 31.8 Å². The summed E-state index contributed by atoms with van der Waals surface area (Å²) in [5.41, 5.74) is 5.67. The molecule has 1 rings (SSSR count). The number of carboxylic acid groups (broad SMARTS) is 1. The quantitative estimate of drug-likeness (QED) is 0.557. The number of carbonyl (C=O) groups is 3. The molecule has 0 radical (unpaired) electrons. The van der Waals surface area contributed by atoms with E-state index in [2.05, 4.69) is 5.32 Å². The van der Waals surface area contributed by atoms with Crippen LogP contribution in [0.5, 0.6) is 0 Å². The highest BCUT2D eigenvalue weighted by Gasteiger charge is 2.38. The average molecular weight is 301 g/mol. The van der Waals surface area contributed by atoms with Gasteiger partial charge in [0.15, 0.2) is 0 Å². The summed E-state index contributed by atoms with van der Waals surface area (Å²) in [4.78, 5) is 36.1. The number of carboxylic acids is 1. The summed E-state index contributed by atoms with van der Waals surface area (Å²) in [6.45, 7) is 3.68. The van der Waals surface area contributed by atoms with E-state index in [0.29, 0.717) is 0 Å². The van der Waals surface area contributed by atoms with Gasteiger partial charge in [-0.15, -0.1) is 0 Å². The Balaban J connectivity index is 2.52. The van der Waals surface area contributed by atoms with Crippen LogP contribution in [0.3, 0.4) is 0 Å². The number of amides is 2. The maximum absolute atomic E-state index is 12.0. The summed E-state index contributed by atoms with van der Waals surface area (Å²) < 4.78 is 5.12. The third-order valence-corrected chi connectivity index (χ3v) is 3.69. The number of aliphatic carboxylic acids is 1. The minimum Gasteiger partial charge on any atom is -0.481 e. The first-order chi connectivity index (χ1) is 9.75. The van der Waals surface area contributed by atoms with Crippen molar-refractivity contribution >= 4 is 17.8 Å². The van der Waals surface area contributed by atoms with E-state index >= 15 is 0 Å². The van der Waals surface area contributed by atoms with Crippen LogP contribution in [0.15, 0.2) is 0 Å². The van der Waals surface area contributed by atoms with Gasteiger partial charge in [-0.25, -0.2) is 0 Å². The molecule has 1 fully saturated rings. The number of nitrogens with zero attached hydrogens (tertiary/aromatic N) is 1. The van der Waals surface area contributed by atoms with Gasteiger partial charge in [0.25, 0.3) is 0 Å². The highest BCUT2D eigenvalue weighted by Crippen LogP contribution is 2.18. The molecule has 2 unspecified atom stereocenters. The maximum atomic E-state index is 12.0. The lowest BCUT2D eigenvalue weighted by Crippen LogP contribution is -2.50. The van der Waals surface area contributed by atoms with Crippen molar-refractivity contribution in [3.8, 4) is 0 Å². The van der Waals surface area contributed by atoms with Gasteiger partial charge in [0, 0.05) is 7.05 Å². The topological polar surface area (TPSA) is 122 Å². The first-order valence-corrected chi connectivity index (χ1v) is 6.85. The van der Waals surface area contributed by atoms with Crippen molar-refractivity contribution < 1.29 is 24.2 Å². The molecule has 1 saturated heterocycles. The predicted octanol–water partition coefficient (Wildman–Crippen LogP) is -1.36. The summed E-state index contributed by atoms with van der Waals surface area (Å²) in [6, 6.07) is -1.20. The van der Waals surface area contributed by atoms with E-state index in [0.717, 1.165) is 0 Å². The Kier molecular flexibility index (Phi) is 6.10. The standard InChI is InChI=1S/C13H23N3O5/c1-7(2)11(14)12(18)15-4-10(17)16(3)9-6-21-5-8(9)13(19)20/h7-9,11H,4-6,14H2,1-3H3,(H,15,18)(H,19,20)/t8?,9?,11-/m0/s1. The Labute approximate surface area is 123 Å². The number of hydrogen-bond donors (Lipinski definition) is 3. The number of nitrogens with two attached hydrogens (primary N) is 1. The van der Waals surface area contributed by atoms with Gasteiger partial charge in [0.1, 0.15) is 5.92 Å².